The summed E-state index contributed by atoms with van der Waals surface area (Å²) >= 11 is 0. The number of amides is 1. The van der Waals surface area contributed by atoms with Gasteiger partial charge in [-0.25, -0.2) is 0 Å². The predicted octanol–water partition coefficient (Wildman–Crippen LogP) is 7.87. The number of alkyl halides is 9. The van der Waals surface area contributed by atoms with Gasteiger partial charge in [0.15, 0.2) is 0 Å². The van der Waals surface area contributed by atoms with E-state index in [9.17, 15) is 49.1 Å². The van der Waals surface area contributed by atoms with Crippen LogP contribution in [0.4, 0.5) is 45.2 Å². The SMILES string of the molecule is O=C(Nc1cc[nH]c(=O)c1)c1cc(C(F)(F)F)ccc1Oc1ccc(C(F)(F)F)cc1.Oc1ccc(C(F)(F)F)cc1. The highest BCUT2D eigenvalue weighted by molar-refractivity contribution is 6.06. The van der Waals surface area contributed by atoms with Crippen LogP contribution in [0.2, 0.25) is 0 Å². The Kier molecular flexibility index (Phi) is 9.23. The Labute approximate surface area is 230 Å². The van der Waals surface area contributed by atoms with Gasteiger partial charge < -0.3 is 20.1 Å². The van der Waals surface area contributed by atoms with Gasteiger partial charge in [-0.15, -0.1) is 0 Å². The van der Waals surface area contributed by atoms with Gasteiger partial charge in [0.2, 0.25) is 5.56 Å². The van der Waals surface area contributed by atoms with Crippen LogP contribution in [0, 0.1) is 0 Å². The van der Waals surface area contributed by atoms with Gasteiger partial charge in [0.25, 0.3) is 5.91 Å². The first-order valence-corrected chi connectivity index (χ1v) is 11.4. The highest BCUT2D eigenvalue weighted by Gasteiger charge is 2.33. The lowest BCUT2D eigenvalue weighted by Gasteiger charge is -2.15. The molecule has 0 saturated carbocycles. The Morgan fingerprint density at radius 2 is 1.19 bits per heavy atom. The number of aromatic nitrogens is 1. The highest BCUT2D eigenvalue weighted by Crippen LogP contribution is 2.36. The number of phenols is 1. The molecule has 3 N–H and O–H groups in total. The van der Waals surface area contributed by atoms with E-state index < -0.39 is 52.2 Å². The van der Waals surface area contributed by atoms with Crippen molar-refractivity contribution in [3.63, 3.8) is 0 Å². The minimum atomic E-state index is -4.76. The number of carbonyl (C=O) groups is 1. The summed E-state index contributed by atoms with van der Waals surface area (Å²) in [6.45, 7) is 0. The number of carbonyl (C=O) groups excluding carboxylic acids is 1. The molecule has 1 aromatic heterocycles. The van der Waals surface area contributed by atoms with Crippen molar-refractivity contribution in [1.82, 2.24) is 4.98 Å². The minimum absolute atomic E-state index is 0.0200. The van der Waals surface area contributed by atoms with E-state index in [4.69, 9.17) is 9.84 Å². The quantitative estimate of drug-likeness (QED) is 0.207. The first-order valence-electron chi connectivity index (χ1n) is 11.4. The van der Waals surface area contributed by atoms with E-state index in [0.717, 1.165) is 60.7 Å². The number of benzene rings is 3. The van der Waals surface area contributed by atoms with E-state index in [2.05, 4.69) is 10.3 Å². The maximum Gasteiger partial charge on any atom is 0.416 e. The number of H-pyrrole nitrogens is 1. The fourth-order valence-corrected chi connectivity index (χ4v) is 3.18. The molecule has 0 aliphatic heterocycles. The molecule has 222 valence electrons. The molecule has 0 spiro atoms. The average molecular weight is 604 g/mol. The lowest BCUT2D eigenvalue weighted by Crippen LogP contribution is -2.16. The van der Waals surface area contributed by atoms with Gasteiger partial charge in [-0.05, 0) is 72.8 Å². The third-order valence-corrected chi connectivity index (χ3v) is 5.19. The molecule has 1 amide bonds. The van der Waals surface area contributed by atoms with Gasteiger partial charge in [-0.1, -0.05) is 0 Å². The lowest BCUT2D eigenvalue weighted by molar-refractivity contribution is -0.138. The van der Waals surface area contributed by atoms with E-state index in [1.807, 2.05) is 0 Å². The Morgan fingerprint density at radius 1 is 0.690 bits per heavy atom. The number of nitrogens with one attached hydrogen (secondary N) is 2. The van der Waals surface area contributed by atoms with Crippen molar-refractivity contribution in [2.45, 2.75) is 18.5 Å². The average Bonchev–Trinajstić information content (AvgIpc) is 2.88. The molecular formula is C27H17F9N2O4. The number of aromatic hydroxyl groups is 1. The van der Waals surface area contributed by atoms with Crippen molar-refractivity contribution in [2.24, 2.45) is 0 Å². The predicted molar refractivity (Wildman–Crippen MR) is 131 cm³/mol. The first kappa shape index (κ1) is 31.6. The van der Waals surface area contributed by atoms with Gasteiger partial charge in [-0.3, -0.25) is 9.59 Å². The fourth-order valence-electron chi connectivity index (χ4n) is 3.18. The number of hydrogen-bond donors (Lipinski definition) is 3. The molecular weight excluding hydrogens is 587 g/mol. The van der Waals surface area contributed by atoms with Crippen LogP contribution in [-0.4, -0.2) is 16.0 Å². The van der Waals surface area contributed by atoms with Gasteiger partial charge in [-0.2, -0.15) is 39.5 Å². The summed E-state index contributed by atoms with van der Waals surface area (Å²) < 4.78 is 118. The molecule has 0 aliphatic rings. The molecule has 0 atom stereocenters. The molecule has 0 aliphatic carbocycles. The Balaban J connectivity index is 0.000000369. The van der Waals surface area contributed by atoms with Gasteiger partial charge >= 0.3 is 18.5 Å². The highest BCUT2D eigenvalue weighted by atomic mass is 19.4. The molecule has 42 heavy (non-hydrogen) atoms. The van der Waals surface area contributed by atoms with Crippen LogP contribution in [0.1, 0.15) is 27.0 Å². The van der Waals surface area contributed by atoms with Crippen LogP contribution in [0.3, 0.4) is 0 Å². The summed E-state index contributed by atoms with van der Waals surface area (Å²) in [5, 5.41) is 10.9. The smallest absolute Gasteiger partial charge is 0.416 e. The van der Waals surface area contributed by atoms with E-state index in [0.29, 0.717) is 12.1 Å². The zero-order valence-electron chi connectivity index (χ0n) is 20.7. The number of rotatable bonds is 4. The Bertz CT molecular complexity index is 1580. The number of aromatic amines is 1. The number of halogens is 9. The van der Waals surface area contributed by atoms with Crippen molar-refractivity contribution >= 4 is 11.6 Å². The molecule has 0 radical (unpaired) electrons. The Hall–Kier alpha value is -4.95. The molecule has 6 nitrogen and oxygen atoms in total. The van der Waals surface area contributed by atoms with Crippen LogP contribution in [0.25, 0.3) is 0 Å². The maximum absolute atomic E-state index is 13.1. The van der Waals surface area contributed by atoms with E-state index in [1.54, 1.807) is 0 Å². The van der Waals surface area contributed by atoms with Crippen LogP contribution in [0.5, 0.6) is 17.2 Å². The second kappa shape index (κ2) is 12.3. The van der Waals surface area contributed by atoms with Gasteiger partial charge in [0.1, 0.15) is 17.2 Å². The fraction of sp³-hybridized carbons (Fsp3) is 0.111. The van der Waals surface area contributed by atoms with Gasteiger partial charge in [0.05, 0.1) is 22.3 Å². The summed E-state index contributed by atoms with van der Waals surface area (Å²) in [6, 6.07) is 11.5. The largest absolute Gasteiger partial charge is 0.508 e. The number of hydrogen-bond acceptors (Lipinski definition) is 4. The summed E-state index contributed by atoms with van der Waals surface area (Å²) in [4.78, 5) is 26.2. The molecule has 0 saturated heterocycles. The zero-order valence-corrected chi connectivity index (χ0v) is 20.7. The van der Waals surface area contributed by atoms with Crippen molar-refractivity contribution in [3.05, 3.63) is 118 Å². The normalized spacial score (nSPS) is 11.7. The first-order chi connectivity index (χ1) is 19.4. The maximum atomic E-state index is 13.1. The van der Waals surface area contributed by atoms with E-state index >= 15 is 0 Å². The molecule has 1 heterocycles. The standard InChI is InChI=1S/C20H12F6N2O3.C7H5F3O/c21-19(22,23)11-1-4-14(5-2-11)31-16-6-3-12(20(24,25)26)9-15(16)18(30)28-13-7-8-27-17(29)10-13;8-7(9,10)5-1-3-6(11)4-2-5/h1-10H,(H2,27,28,29,30);1-4,11H. The van der Waals surface area contributed by atoms with Crippen molar-refractivity contribution in [3.8, 4) is 17.2 Å². The van der Waals surface area contributed by atoms with Crippen LogP contribution in [0.15, 0.2) is 89.9 Å². The van der Waals surface area contributed by atoms with Crippen LogP contribution in [-0.2, 0) is 18.5 Å². The topological polar surface area (TPSA) is 91.4 Å². The minimum Gasteiger partial charge on any atom is -0.508 e. The lowest BCUT2D eigenvalue weighted by atomic mass is 10.1. The number of anilines is 1. The third kappa shape index (κ3) is 8.78. The number of pyridine rings is 1. The third-order valence-electron chi connectivity index (χ3n) is 5.19. The summed E-state index contributed by atoms with van der Waals surface area (Å²) in [5.41, 5.74) is -3.90. The van der Waals surface area contributed by atoms with Crippen molar-refractivity contribution in [2.75, 3.05) is 5.32 Å². The molecule has 0 fully saturated rings. The van der Waals surface area contributed by atoms with Crippen molar-refractivity contribution in [1.29, 1.82) is 0 Å². The Morgan fingerprint density at radius 3 is 1.69 bits per heavy atom. The molecule has 4 rings (SSSR count). The molecule has 3 aromatic carbocycles. The number of phenolic OH excluding ortho intramolecular Hbond substituents is 1. The molecule has 15 heteroatoms. The summed E-state index contributed by atoms with van der Waals surface area (Å²) in [7, 11) is 0. The molecule has 4 aromatic rings. The van der Waals surface area contributed by atoms with Crippen LogP contribution >= 0.6 is 0 Å². The van der Waals surface area contributed by atoms with E-state index in [-0.39, 0.29) is 22.9 Å². The molecule has 0 bridgehead atoms. The second-order valence-corrected chi connectivity index (χ2v) is 8.27. The van der Waals surface area contributed by atoms with Crippen LogP contribution < -0.4 is 15.6 Å². The summed E-state index contributed by atoms with van der Waals surface area (Å²) in [5.74, 6) is -1.63. The second-order valence-electron chi connectivity index (χ2n) is 8.27. The molecule has 0 unspecified atom stereocenters. The zero-order chi connectivity index (χ0) is 31.3. The number of ether oxygens (including phenoxy) is 1. The summed E-state index contributed by atoms with van der Waals surface area (Å²) in [6.07, 6.45) is -12.4. The van der Waals surface area contributed by atoms with Crippen molar-refractivity contribution < 1.29 is 54.2 Å². The monoisotopic (exact) mass is 604 g/mol. The van der Waals surface area contributed by atoms with E-state index in [1.165, 1.54) is 12.3 Å². The van der Waals surface area contributed by atoms with Gasteiger partial charge in [0, 0.05) is 18.0 Å².